The van der Waals surface area contributed by atoms with Crippen LogP contribution in [0, 0.1) is 11.3 Å². The number of rotatable bonds is 6. The molecule has 2 amide bonds. The SMILES string of the molecule is COc1ccc(C(=O)C[C@@H](c2ccc(C#N)cc2)[C@H]2C=CC(=O)N2C(=O)OC(C)(C)C)cc1. The van der Waals surface area contributed by atoms with Crippen LogP contribution in [-0.2, 0) is 9.53 Å². The predicted molar refractivity (Wildman–Crippen MR) is 122 cm³/mol. The van der Waals surface area contributed by atoms with Crippen molar-refractivity contribution >= 4 is 17.8 Å². The first kappa shape index (κ1) is 23.7. The third kappa shape index (κ3) is 5.66. The van der Waals surface area contributed by atoms with Crippen molar-refractivity contribution in [1.29, 1.82) is 5.26 Å². The van der Waals surface area contributed by atoms with E-state index in [1.54, 1.807) is 82.5 Å². The molecule has 0 spiro atoms. The largest absolute Gasteiger partial charge is 0.497 e. The molecule has 3 rings (SSSR count). The van der Waals surface area contributed by atoms with Gasteiger partial charge in [-0.1, -0.05) is 18.2 Å². The summed E-state index contributed by atoms with van der Waals surface area (Å²) in [7, 11) is 1.55. The van der Waals surface area contributed by atoms with Crippen LogP contribution in [0.5, 0.6) is 5.75 Å². The van der Waals surface area contributed by atoms with Gasteiger partial charge in [0.15, 0.2) is 5.78 Å². The second-order valence-corrected chi connectivity index (χ2v) is 8.73. The van der Waals surface area contributed by atoms with E-state index in [1.807, 2.05) is 0 Å². The summed E-state index contributed by atoms with van der Waals surface area (Å²) < 4.78 is 10.6. The Bertz CT molecular complexity index is 1110. The van der Waals surface area contributed by atoms with Crippen molar-refractivity contribution in [2.24, 2.45) is 0 Å². The standard InChI is InChI=1S/C26H26N2O5/c1-26(2,3)33-25(31)28-22(13-14-24(28)30)21(18-7-5-17(16-27)6-8-18)15-23(29)19-9-11-20(32-4)12-10-19/h5-14,21-22H,15H2,1-4H3/t21-,22+/m0/s1. The summed E-state index contributed by atoms with van der Waals surface area (Å²) in [5.41, 5.74) is 0.911. The number of imide groups is 1. The summed E-state index contributed by atoms with van der Waals surface area (Å²) in [6.45, 7) is 5.16. The number of ether oxygens (including phenoxy) is 2. The van der Waals surface area contributed by atoms with Crippen molar-refractivity contribution in [3.05, 3.63) is 77.4 Å². The molecular weight excluding hydrogens is 420 g/mol. The molecule has 0 saturated heterocycles. The quantitative estimate of drug-likeness (QED) is 0.601. The van der Waals surface area contributed by atoms with Crippen LogP contribution < -0.4 is 4.74 Å². The average molecular weight is 447 g/mol. The number of benzene rings is 2. The zero-order valence-electron chi connectivity index (χ0n) is 19.1. The van der Waals surface area contributed by atoms with Crippen molar-refractivity contribution in [2.75, 3.05) is 7.11 Å². The third-order valence-electron chi connectivity index (χ3n) is 5.26. The highest BCUT2D eigenvalue weighted by Crippen LogP contribution is 2.33. The number of ketones is 1. The first-order valence-electron chi connectivity index (χ1n) is 10.5. The normalized spacial score (nSPS) is 16.3. The van der Waals surface area contributed by atoms with Crippen molar-refractivity contribution in [1.82, 2.24) is 4.90 Å². The lowest BCUT2D eigenvalue weighted by Crippen LogP contribution is -2.45. The Morgan fingerprint density at radius 2 is 1.73 bits per heavy atom. The molecule has 0 aliphatic carbocycles. The summed E-state index contributed by atoms with van der Waals surface area (Å²) in [6, 6.07) is 14.9. The highest BCUT2D eigenvalue weighted by atomic mass is 16.6. The lowest BCUT2D eigenvalue weighted by atomic mass is 9.85. The molecule has 33 heavy (non-hydrogen) atoms. The fourth-order valence-electron chi connectivity index (χ4n) is 3.67. The maximum Gasteiger partial charge on any atom is 0.417 e. The fourth-order valence-corrected chi connectivity index (χ4v) is 3.67. The molecule has 0 N–H and O–H groups in total. The molecule has 0 fully saturated rings. The summed E-state index contributed by atoms with van der Waals surface area (Å²) >= 11 is 0. The molecule has 170 valence electrons. The van der Waals surface area contributed by atoms with E-state index in [0.717, 1.165) is 10.5 Å². The number of hydrogen-bond acceptors (Lipinski definition) is 6. The molecular formula is C26H26N2O5. The Labute approximate surface area is 193 Å². The molecule has 2 atom stereocenters. The predicted octanol–water partition coefficient (Wildman–Crippen LogP) is 4.63. The van der Waals surface area contributed by atoms with E-state index >= 15 is 0 Å². The highest BCUT2D eigenvalue weighted by molar-refractivity contribution is 6.02. The topological polar surface area (TPSA) is 96.7 Å². The zero-order valence-corrected chi connectivity index (χ0v) is 19.1. The number of carbonyl (C=O) groups excluding carboxylic acids is 3. The van der Waals surface area contributed by atoms with Gasteiger partial charge in [0, 0.05) is 24.0 Å². The minimum atomic E-state index is -0.784. The van der Waals surface area contributed by atoms with Crippen molar-refractivity contribution in [2.45, 2.75) is 44.8 Å². The van der Waals surface area contributed by atoms with Gasteiger partial charge in [-0.3, -0.25) is 9.59 Å². The van der Waals surface area contributed by atoms with E-state index in [-0.39, 0.29) is 12.2 Å². The first-order valence-corrected chi connectivity index (χ1v) is 10.5. The molecule has 7 nitrogen and oxygen atoms in total. The summed E-state index contributed by atoms with van der Waals surface area (Å²) in [5, 5.41) is 9.13. The third-order valence-corrected chi connectivity index (χ3v) is 5.26. The Morgan fingerprint density at radius 1 is 1.09 bits per heavy atom. The van der Waals surface area contributed by atoms with Crippen LogP contribution in [0.2, 0.25) is 0 Å². The highest BCUT2D eigenvalue weighted by Gasteiger charge is 2.40. The number of methoxy groups -OCH3 is 1. The number of nitriles is 1. The molecule has 1 aliphatic rings. The maximum atomic E-state index is 13.2. The summed E-state index contributed by atoms with van der Waals surface area (Å²) in [6.07, 6.45) is 2.22. The van der Waals surface area contributed by atoms with E-state index in [0.29, 0.717) is 16.9 Å². The van der Waals surface area contributed by atoms with Crippen molar-refractivity contribution in [3.8, 4) is 11.8 Å². The number of amides is 2. The summed E-state index contributed by atoms with van der Waals surface area (Å²) in [5.74, 6) is -0.535. The van der Waals surface area contributed by atoms with Gasteiger partial charge in [-0.05, 0) is 62.7 Å². The van der Waals surface area contributed by atoms with Crippen LogP contribution in [0.1, 0.15) is 54.6 Å². The molecule has 0 bridgehead atoms. The smallest absolute Gasteiger partial charge is 0.417 e. The van der Waals surface area contributed by atoms with Gasteiger partial charge in [-0.2, -0.15) is 5.26 Å². The number of carbonyl (C=O) groups is 3. The molecule has 1 aliphatic heterocycles. The van der Waals surface area contributed by atoms with E-state index in [4.69, 9.17) is 14.7 Å². The molecule has 0 unspecified atom stereocenters. The number of nitrogens with zero attached hydrogens (tertiary/aromatic N) is 2. The van der Waals surface area contributed by atoms with Gasteiger partial charge in [0.2, 0.25) is 0 Å². The number of hydrogen-bond donors (Lipinski definition) is 0. The lowest BCUT2D eigenvalue weighted by Gasteiger charge is -2.32. The first-order chi connectivity index (χ1) is 15.6. The Morgan fingerprint density at radius 3 is 2.27 bits per heavy atom. The minimum Gasteiger partial charge on any atom is -0.497 e. The second kappa shape index (κ2) is 9.70. The molecule has 1 heterocycles. The molecule has 0 aromatic heterocycles. The van der Waals surface area contributed by atoms with E-state index in [9.17, 15) is 14.4 Å². The van der Waals surface area contributed by atoms with Gasteiger partial charge >= 0.3 is 6.09 Å². The monoisotopic (exact) mass is 446 g/mol. The molecule has 0 saturated carbocycles. The van der Waals surface area contributed by atoms with Crippen LogP contribution in [0.3, 0.4) is 0 Å². The van der Waals surface area contributed by atoms with Gasteiger partial charge in [-0.25, -0.2) is 9.69 Å². The Kier molecular flexibility index (Phi) is 6.98. The molecule has 2 aromatic rings. The Balaban J connectivity index is 1.95. The van der Waals surface area contributed by atoms with Gasteiger partial charge in [-0.15, -0.1) is 0 Å². The van der Waals surface area contributed by atoms with E-state index < -0.39 is 29.6 Å². The van der Waals surface area contributed by atoms with Crippen LogP contribution in [0.4, 0.5) is 4.79 Å². The van der Waals surface area contributed by atoms with Gasteiger partial charge in [0.05, 0.1) is 24.8 Å². The Hall–Kier alpha value is -3.92. The average Bonchev–Trinajstić information content (AvgIpc) is 3.17. The number of Topliss-reactive ketones (excluding diaryl/α,β-unsaturated/α-hetero) is 1. The fraction of sp³-hybridized carbons (Fsp3) is 0.308. The van der Waals surface area contributed by atoms with Crippen LogP contribution in [0.15, 0.2) is 60.7 Å². The second-order valence-electron chi connectivity index (χ2n) is 8.73. The van der Waals surface area contributed by atoms with Crippen molar-refractivity contribution in [3.63, 3.8) is 0 Å². The van der Waals surface area contributed by atoms with Crippen LogP contribution in [0.25, 0.3) is 0 Å². The molecule has 7 heteroatoms. The van der Waals surface area contributed by atoms with Crippen LogP contribution >= 0.6 is 0 Å². The maximum absolute atomic E-state index is 13.2. The van der Waals surface area contributed by atoms with Crippen molar-refractivity contribution < 1.29 is 23.9 Å². The molecule has 0 radical (unpaired) electrons. The summed E-state index contributed by atoms with van der Waals surface area (Å²) in [4.78, 5) is 39.6. The van der Waals surface area contributed by atoms with E-state index in [1.165, 1.54) is 6.08 Å². The molecule has 2 aromatic carbocycles. The minimum absolute atomic E-state index is 0.0415. The zero-order chi connectivity index (χ0) is 24.2. The van der Waals surface area contributed by atoms with E-state index in [2.05, 4.69) is 6.07 Å². The van der Waals surface area contributed by atoms with Crippen LogP contribution in [-0.4, -0.2) is 41.4 Å². The van der Waals surface area contributed by atoms with Gasteiger partial charge in [0.1, 0.15) is 11.4 Å². The lowest BCUT2D eigenvalue weighted by molar-refractivity contribution is -0.125. The van der Waals surface area contributed by atoms with Gasteiger partial charge < -0.3 is 9.47 Å². The van der Waals surface area contributed by atoms with Gasteiger partial charge in [0.25, 0.3) is 5.91 Å².